The molecule has 2 heterocycles. The van der Waals surface area contributed by atoms with E-state index in [4.69, 9.17) is 0 Å². The van der Waals surface area contributed by atoms with Crippen LogP contribution in [-0.4, -0.2) is 9.51 Å². The molecule has 5 aromatic rings. The van der Waals surface area contributed by atoms with Crippen LogP contribution in [0.25, 0.3) is 38.0 Å². The largest absolute Gasteiger partial charge is 0.508 e. The number of hydrogen-bond donors (Lipinski definition) is 1. The van der Waals surface area contributed by atoms with Gasteiger partial charge in [0.25, 0.3) is 5.56 Å². The zero-order valence-corrected chi connectivity index (χ0v) is 14.5. The first-order valence-electron chi connectivity index (χ1n) is 8.57. The van der Waals surface area contributed by atoms with Gasteiger partial charge >= 0.3 is 0 Å². The molecule has 25 heavy (non-hydrogen) atoms. The third-order valence-electron chi connectivity index (χ3n) is 4.82. The first-order chi connectivity index (χ1) is 12.2. The first kappa shape index (κ1) is 15.5. The van der Waals surface area contributed by atoms with Gasteiger partial charge in [-0.05, 0) is 36.1 Å². The minimum Gasteiger partial charge on any atom is -0.508 e. The second-order valence-corrected chi connectivity index (χ2v) is 6.03. The maximum atomic E-state index is 13.1. The molecule has 5 rings (SSSR count). The lowest BCUT2D eigenvalue weighted by Crippen LogP contribution is -2.13. The van der Waals surface area contributed by atoms with E-state index in [1.54, 1.807) is 10.5 Å². The molecule has 0 saturated heterocycles. The van der Waals surface area contributed by atoms with Crippen molar-refractivity contribution in [1.29, 1.82) is 0 Å². The Morgan fingerprint density at radius 1 is 0.840 bits per heavy atom. The second kappa shape index (κ2) is 5.49. The molecule has 3 nitrogen and oxygen atoms in total. The summed E-state index contributed by atoms with van der Waals surface area (Å²) in [7, 11) is 0. The van der Waals surface area contributed by atoms with E-state index in [2.05, 4.69) is 6.07 Å². The molecular formula is C22H19NO2. The van der Waals surface area contributed by atoms with E-state index in [1.165, 1.54) is 0 Å². The topological polar surface area (TPSA) is 41.7 Å². The van der Waals surface area contributed by atoms with Crippen LogP contribution in [0.15, 0.2) is 59.4 Å². The van der Waals surface area contributed by atoms with Crippen molar-refractivity contribution in [2.45, 2.75) is 20.8 Å². The summed E-state index contributed by atoms with van der Waals surface area (Å²) < 4.78 is 1.75. The molecule has 0 fully saturated rings. The summed E-state index contributed by atoms with van der Waals surface area (Å²) in [5, 5.41) is 14.7. The lowest BCUT2D eigenvalue weighted by molar-refractivity contribution is 0.473. The van der Waals surface area contributed by atoms with E-state index < -0.39 is 0 Å². The highest BCUT2D eigenvalue weighted by atomic mass is 16.3. The van der Waals surface area contributed by atoms with Gasteiger partial charge in [0.05, 0.1) is 16.4 Å². The molecule has 0 aliphatic rings. The molecular weight excluding hydrogens is 310 g/mol. The molecule has 3 heteroatoms. The van der Waals surface area contributed by atoms with Crippen LogP contribution in [0, 0.1) is 6.92 Å². The number of benzene rings is 3. The van der Waals surface area contributed by atoms with E-state index in [1.807, 2.05) is 63.2 Å². The average molecular weight is 329 g/mol. The van der Waals surface area contributed by atoms with Crippen LogP contribution in [0.2, 0.25) is 0 Å². The Morgan fingerprint density at radius 3 is 2.36 bits per heavy atom. The average Bonchev–Trinajstić information content (AvgIpc) is 3.04. The molecule has 2 aromatic heterocycles. The zero-order valence-electron chi connectivity index (χ0n) is 14.5. The van der Waals surface area contributed by atoms with E-state index in [0.29, 0.717) is 5.39 Å². The van der Waals surface area contributed by atoms with Gasteiger partial charge in [0, 0.05) is 16.2 Å². The number of phenolic OH excluding ortho intramolecular Hbond substituents is 1. The lowest BCUT2D eigenvalue weighted by Gasteiger charge is -2.11. The molecule has 0 aliphatic heterocycles. The maximum Gasteiger partial charge on any atom is 0.263 e. The fraction of sp³-hybridized carbons (Fsp3) is 0.136. The number of aryl methyl sites for hydroxylation is 1. The van der Waals surface area contributed by atoms with Crippen molar-refractivity contribution in [2.24, 2.45) is 0 Å². The number of rotatable bonds is 0. The van der Waals surface area contributed by atoms with Crippen molar-refractivity contribution in [2.75, 3.05) is 0 Å². The van der Waals surface area contributed by atoms with Crippen molar-refractivity contribution < 1.29 is 5.11 Å². The fourth-order valence-corrected chi connectivity index (χ4v) is 3.68. The van der Waals surface area contributed by atoms with Gasteiger partial charge in [-0.3, -0.25) is 9.20 Å². The SMILES string of the molecule is CC.Cc1c(O)cc2c(=O)n3c4ccccc4cc3c3cccc1c23. The smallest absolute Gasteiger partial charge is 0.263 e. The van der Waals surface area contributed by atoms with Gasteiger partial charge in [0.2, 0.25) is 0 Å². The Morgan fingerprint density at radius 2 is 1.56 bits per heavy atom. The summed E-state index contributed by atoms with van der Waals surface area (Å²) in [6.45, 7) is 5.88. The van der Waals surface area contributed by atoms with Crippen LogP contribution in [0.5, 0.6) is 5.75 Å². The van der Waals surface area contributed by atoms with Gasteiger partial charge in [0.1, 0.15) is 5.75 Å². The van der Waals surface area contributed by atoms with Gasteiger partial charge < -0.3 is 5.11 Å². The van der Waals surface area contributed by atoms with Crippen LogP contribution in [-0.2, 0) is 0 Å². The van der Waals surface area contributed by atoms with Crippen molar-refractivity contribution in [3.05, 3.63) is 70.5 Å². The monoisotopic (exact) mass is 329 g/mol. The quantitative estimate of drug-likeness (QED) is 0.422. The normalized spacial score (nSPS) is 11.3. The Kier molecular flexibility index (Phi) is 3.39. The fourth-order valence-electron chi connectivity index (χ4n) is 3.68. The molecule has 0 spiro atoms. The van der Waals surface area contributed by atoms with Crippen molar-refractivity contribution >= 4 is 38.0 Å². The number of phenols is 1. The van der Waals surface area contributed by atoms with Gasteiger partial charge in [-0.25, -0.2) is 0 Å². The van der Waals surface area contributed by atoms with Crippen molar-refractivity contribution in [3.63, 3.8) is 0 Å². The molecule has 0 aliphatic carbocycles. The van der Waals surface area contributed by atoms with E-state index in [9.17, 15) is 9.90 Å². The standard InChI is InChI=1S/C20H13NO2.C2H6/c1-11-13-6-4-7-14-17-9-12-5-2-3-8-16(12)21(17)20(23)15(19(13)14)10-18(11)22;1-2/h2-10,22H,1H3;1-2H3. The molecule has 1 N–H and O–H groups in total. The van der Waals surface area contributed by atoms with Crippen LogP contribution >= 0.6 is 0 Å². The molecule has 3 aromatic carbocycles. The Labute approximate surface area is 145 Å². The molecule has 0 unspecified atom stereocenters. The number of aromatic hydroxyl groups is 1. The van der Waals surface area contributed by atoms with Gasteiger partial charge in [-0.15, -0.1) is 0 Å². The minimum absolute atomic E-state index is 0.0831. The highest BCUT2D eigenvalue weighted by Gasteiger charge is 2.16. The van der Waals surface area contributed by atoms with E-state index >= 15 is 0 Å². The number of nitrogens with zero attached hydrogens (tertiary/aromatic N) is 1. The number of fused-ring (bicyclic) bond motifs is 4. The third kappa shape index (κ3) is 1.96. The predicted octanol–water partition coefficient (Wildman–Crippen LogP) is 5.24. The van der Waals surface area contributed by atoms with Gasteiger partial charge in [-0.1, -0.05) is 50.2 Å². The zero-order chi connectivity index (χ0) is 17.7. The number of pyridine rings is 1. The van der Waals surface area contributed by atoms with Crippen LogP contribution < -0.4 is 5.56 Å². The molecule has 0 saturated carbocycles. The summed E-state index contributed by atoms with van der Waals surface area (Å²) >= 11 is 0. The summed E-state index contributed by atoms with van der Waals surface area (Å²) in [6, 6.07) is 17.5. The molecule has 0 radical (unpaired) electrons. The lowest BCUT2D eigenvalue weighted by atomic mass is 9.97. The molecule has 0 bridgehead atoms. The van der Waals surface area contributed by atoms with Crippen molar-refractivity contribution in [3.8, 4) is 5.75 Å². The van der Waals surface area contributed by atoms with Crippen LogP contribution in [0.3, 0.4) is 0 Å². The second-order valence-electron chi connectivity index (χ2n) is 6.03. The summed E-state index contributed by atoms with van der Waals surface area (Å²) in [4.78, 5) is 13.1. The Balaban J connectivity index is 0.000000758. The first-order valence-corrected chi connectivity index (χ1v) is 8.57. The number of aromatic nitrogens is 1. The third-order valence-corrected chi connectivity index (χ3v) is 4.82. The van der Waals surface area contributed by atoms with Crippen LogP contribution in [0.1, 0.15) is 19.4 Å². The maximum absolute atomic E-state index is 13.1. The summed E-state index contributed by atoms with van der Waals surface area (Å²) in [6.07, 6.45) is 0. The van der Waals surface area contributed by atoms with E-state index in [0.717, 1.165) is 38.1 Å². The Hall–Kier alpha value is -3.07. The summed E-state index contributed by atoms with van der Waals surface area (Å²) in [5.41, 5.74) is 2.54. The van der Waals surface area contributed by atoms with E-state index in [-0.39, 0.29) is 11.3 Å². The molecule has 0 atom stereocenters. The molecule has 124 valence electrons. The van der Waals surface area contributed by atoms with Gasteiger partial charge in [0.15, 0.2) is 0 Å². The number of para-hydroxylation sites is 1. The van der Waals surface area contributed by atoms with Crippen LogP contribution in [0.4, 0.5) is 0 Å². The van der Waals surface area contributed by atoms with Gasteiger partial charge in [-0.2, -0.15) is 0 Å². The highest BCUT2D eigenvalue weighted by Crippen LogP contribution is 2.35. The molecule has 0 amide bonds. The minimum atomic E-state index is -0.0831. The highest BCUT2D eigenvalue weighted by molar-refractivity contribution is 6.18. The van der Waals surface area contributed by atoms with Crippen molar-refractivity contribution in [1.82, 2.24) is 4.40 Å². The predicted molar refractivity (Wildman–Crippen MR) is 105 cm³/mol. The Bertz CT molecular complexity index is 1300. The summed E-state index contributed by atoms with van der Waals surface area (Å²) in [5.74, 6) is 0.165. The number of hydrogen-bond acceptors (Lipinski definition) is 2.